The second-order valence-corrected chi connectivity index (χ2v) is 4.32. The van der Waals surface area contributed by atoms with E-state index >= 15 is 0 Å². The minimum Gasteiger partial charge on any atom is -0.480 e. The molecule has 2 rings (SSSR count). The van der Waals surface area contributed by atoms with Crippen molar-refractivity contribution in [3.05, 3.63) is 42.5 Å². The highest BCUT2D eigenvalue weighted by atomic mass is 16.5. The third-order valence-corrected chi connectivity index (χ3v) is 2.87. The van der Waals surface area contributed by atoms with Gasteiger partial charge in [0.05, 0.1) is 0 Å². The molecular weight excluding hydrogens is 240 g/mol. The molecule has 0 fully saturated rings. The first-order valence-electron chi connectivity index (χ1n) is 6.34. The molecule has 1 atom stereocenters. The molecule has 1 unspecified atom stereocenters. The Balaban J connectivity index is 2.15. The second-order valence-electron chi connectivity index (χ2n) is 4.32. The van der Waals surface area contributed by atoms with Crippen LogP contribution in [0.1, 0.15) is 6.92 Å². The van der Waals surface area contributed by atoms with Gasteiger partial charge in [-0.15, -0.1) is 0 Å². The van der Waals surface area contributed by atoms with Crippen molar-refractivity contribution in [2.24, 2.45) is 5.73 Å². The van der Waals surface area contributed by atoms with Crippen LogP contribution < -0.4 is 15.8 Å². The van der Waals surface area contributed by atoms with Gasteiger partial charge in [0, 0.05) is 18.5 Å². The molecule has 4 nitrogen and oxygen atoms in total. The van der Waals surface area contributed by atoms with Gasteiger partial charge in [0.25, 0.3) is 5.91 Å². The smallest absolute Gasteiger partial charge is 0.260 e. The minimum atomic E-state index is -0.544. The van der Waals surface area contributed by atoms with Crippen LogP contribution in [0.2, 0.25) is 0 Å². The van der Waals surface area contributed by atoms with E-state index in [0.29, 0.717) is 18.8 Å². The molecule has 4 heteroatoms. The third kappa shape index (κ3) is 3.23. The Bertz CT molecular complexity index is 564. The molecule has 0 aliphatic rings. The zero-order valence-electron chi connectivity index (χ0n) is 10.9. The fourth-order valence-electron chi connectivity index (χ4n) is 1.88. The van der Waals surface area contributed by atoms with Gasteiger partial charge >= 0.3 is 0 Å². The monoisotopic (exact) mass is 258 g/mol. The van der Waals surface area contributed by atoms with Crippen molar-refractivity contribution >= 4 is 16.7 Å². The van der Waals surface area contributed by atoms with Gasteiger partial charge in [0.2, 0.25) is 0 Å². The molecule has 0 heterocycles. The molecule has 3 N–H and O–H groups in total. The van der Waals surface area contributed by atoms with Crippen molar-refractivity contribution in [3.8, 4) is 5.75 Å². The maximum absolute atomic E-state index is 11.8. The van der Waals surface area contributed by atoms with Crippen LogP contribution in [-0.4, -0.2) is 25.1 Å². The molecule has 0 radical (unpaired) electrons. The van der Waals surface area contributed by atoms with Crippen LogP contribution in [0.3, 0.4) is 0 Å². The number of ether oxygens (including phenoxy) is 1. The SMILES string of the molecule is CC(Oc1cccc2ccccc12)C(=O)NCCN. The molecular formula is C15H18N2O2. The summed E-state index contributed by atoms with van der Waals surface area (Å²) in [6.07, 6.45) is -0.544. The molecule has 19 heavy (non-hydrogen) atoms. The largest absolute Gasteiger partial charge is 0.480 e. The molecule has 0 bridgehead atoms. The summed E-state index contributed by atoms with van der Waals surface area (Å²) in [6.45, 7) is 2.61. The Kier molecular flexibility index (Phi) is 4.36. The second kappa shape index (κ2) is 6.20. The van der Waals surface area contributed by atoms with Crippen LogP contribution in [0.5, 0.6) is 5.75 Å². The summed E-state index contributed by atoms with van der Waals surface area (Å²) in [4.78, 5) is 11.8. The first kappa shape index (κ1) is 13.4. The molecule has 2 aromatic rings. The molecule has 0 aliphatic carbocycles. The number of rotatable bonds is 5. The van der Waals surface area contributed by atoms with Crippen LogP contribution in [-0.2, 0) is 4.79 Å². The summed E-state index contributed by atoms with van der Waals surface area (Å²) in [5.74, 6) is 0.562. The zero-order chi connectivity index (χ0) is 13.7. The van der Waals surface area contributed by atoms with E-state index in [1.807, 2.05) is 42.5 Å². The normalized spacial score (nSPS) is 12.1. The first-order valence-corrected chi connectivity index (χ1v) is 6.34. The molecule has 0 aromatic heterocycles. The topological polar surface area (TPSA) is 64.3 Å². The maximum atomic E-state index is 11.8. The number of amides is 1. The Labute approximate surface area is 112 Å². The Morgan fingerprint density at radius 3 is 2.79 bits per heavy atom. The number of carbonyl (C=O) groups excluding carboxylic acids is 1. The van der Waals surface area contributed by atoms with Crippen LogP contribution in [0, 0.1) is 0 Å². The van der Waals surface area contributed by atoms with Gasteiger partial charge in [0.15, 0.2) is 6.10 Å². The lowest BCUT2D eigenvalue weighted by Gasteiger charge is -2.15. The molecule has 100 valence electrons. The predicted octanol–water partition coefficient (Wildman–Crippen LogP) is 1.68. The summed E-state index contributed by atoms with van der Waals surface area (Å²) in [7, 11) is 0. The first-order chi connectivity index (χ1) is 9.22. The van der Waals surface area contributed by atoms with Gasteiger partial charge in [-0.25, -0.2) is 0 Å². The van der Waals surface area contributed by atoms with Gasteiger partial charge in [-0.2, -0.15) is 0 Å². The van der Waals surface area contributed by atoms with Crippen LogP contribution in [0.25, 0.3) is 10.8 Å². The molecule has 2 aromatic carbocycles. The summed E-state index contributed by atoms with van der Waals surface area (Å²) in [5, 5.41) is 4.81. The van der Waals surface area contributed by atoms with E-state index in [1.54, 1.807) is 6.92 Å². The molecule has 0 saturated heterocycles. The number of benzene rings is 2. The number of nitrogens with two attached hydrogens (primary N) is 1. The van der Waals surface area contributed by atoms with E-state index in [4.69, 9.17) is 10.5 Å². The summed E-state index contributed by atoms with van der Waals surface area (Å²) in [6, 6.07) is 13.7. The lowest BCUT2D eigenvalue weighted by molar-refractivity contribution is -0.127. The van der Waals surface area contributed by atoms with Gasteiger partial charge in [-0.3, -0.25) is 4.79 Å². The van der Waals surface area contributed by atoms with Crippen molar-refractivity contribution in [1.29, 1.82) is 0 Å². The zero-order valence-corrected chi connectivity index (χ0v) is 10.9. The fourth-order valence-corrected chi connectivity index (χ4v) is 1.88. The van der Waals surface area contributed by atoms with Crippen LogP contribution in [0.4, 0.5) is 0 Å². The molecule has 0 spiro atoms. The molecule has 1 amide bonds. The Morgan fingerprint density at radius 2 is 2.00 bits per heavy atom. The van der Waals surface area contributed by atoms with Crippen LogP contribution in [0.15, 0.2) is 42.5 Å². The fraction of sp³-hybridized carbons (Fsp3) is 0.267. The van der Waals surface area contributed by atoms with Crippen molar-refractivity contribution in [2.75, 3.05) is 13.1 Å². The van der Waals surface area contributed by atoms with E-state index in [2.05, 4.69) is 5.32 Å². The average molecular weight is 258 g/mol. The lowest BCUT2D eigenvalue weighted by Crippen LogP contribution is -2.38. The number of nitrogens with one attached hydrogen (secondary N) is 1. The number of hydrogen-bond acceptors (Lipinski definition) is 3. The van der Waals surface area contributed by atoms with Crippen molar-refractivity contribution < 1.29 is 9.53 Å². The highest BCUT2D eigenvalue weighted by molar-refractivity contribution is 5.89. The van der Waals surface area contributed by atoms with Gasteiger partial charge in [-0.05, 0) is 18.4 Å². The predicted molar refractivity (Wildman–Crippen MR) is 76.1 cm³/mol. The van der Waals surface area contributed by atoms with E-state index in [0.717, 1.165) is 10.8 Å². The Hall–Kier alpha value is -2.07. The number of hydrogen-bond donors (Lipinski definition) is 2. The lowest BCUT2D eigenvalue weighted by atomic mass is 10.1. The third-order valence-electron chi connectivity index (χ3n) is 2.87. The summed E-state index contributed by atoms with van der Waals surface area (Å²) >= 11 is 0. The van der Waals surface area contributed by atoms with E-state index < -0.39 is 6.10 Å². The number of carbonyl (C=O) groups is 1. The quantitative estimate of drug-likeness (QED) is 0.857. The number of fused-ring (bicyclic) bond motifs is 1. The van der Waals surface area contributed by atoms with Gasteiger partial charge in [-0.1, -0.05) is 36.4 Å². The van der Waals surface area contributed by atoms with Crippen molar-refractivity contribution in [1.82, 2.24) is 5.32 Å². The highest BCUT2D eigenvalue weighted by Gasteiger charge is 2.14. The average Bonchev–Trinajstić information content (AvgIpc) is 2.45. The summed E-state index contributed by atoms with van der Waals surface area (Å²) in [5.41, 5.74) is 5.35. The van der Waals surface area contributed by atoms with Crippen molar-refractivity contribution in [3.63, 3.8) is 0 Å². The van der Waals surface area contributed by atoms with Crippen LogP contribution >= 0.6 is 0 Å². The summed E-state index contributed by atoms with van der Waals surface area (Å²) < 4.78 is 5.73. The van der Waals surface area contributed by atoms with Gasteiger partial charge in [0.1, 0.15) is 5.75 Å². The highest BCUT2D eigenvalue weighted by Crippen LogP contribution is 2.25. The standard InChI is InChI=1S/C15H18N2O2/c1-11(15(18)17-10-9-16)19-14-8-4-6-12-5-2-3-7-13(12)14/h2-8,11H,9-10,16H2,1H3,(H,17,18). The van der Waals surface area contributed by atoms with E-state index in [9.17, 15) is 4.79 Å². The van der Waals surface area contributed by atoms with Crippen molar-refractivity contribution in [2.45, 2.75) is 13.0 Å². The van der Waals surface area contributed by atoms with E-state index in [-0.39, 0.29) is 5.91 Å². The Morgan fingerprint density at radius 1 is 1.26 bits per heavy atom. The maximum Gasteiger partial charge on any atom is 0.260 e. The molecule has 0 aliphatic heterocycles. The minimum absolute atomic E-state index is 0.154. The van der Waals surface area contributed by atoms with E-state index in [1.165, 1.54) is 0 Å². The van der Waals surface area contributed by atoms with Gasteiger partial charge < -0.3 is 15.8 Å². The molecule has 0 saturated carbocycles.